The number of rotatable bonds is 2. The van der Waals surface area contributed by atoms with Crippen molar-refractivity contribution in [3.63, 3.8) is 0 Å². The lowest BCUT2D eigenvalue weighted by molar-refractivity contribution is 0.551. The third-order valence-corrected chi connectivity index (χ3v) is 3.03. The topological polar surface area (TPSA) is 43.8 Å². The first-order chi connectivity index (χ1) is 7.54. The van der Waals surface area contributed by atoms with E-state index in [0.717, 1.165) is 11.9 Å². The molecule has 0 aliphatic rings. The molecule has 16 heavy (non-hydrogen) atoms. The van der Waals surface area contributed by atoms with Gasteiger partial charge in [0, 0.05) is 12.1 Å². The van der Waals surface area contributed by atoms with Gasteiger partial charge in [-0.2, -0.15) is 0 Å². The molecule has 0 aliphatic carbocycles. The first-order valence-electron chi connectivity index (χ1n) is 5.48. The van der Waals surface area contributed by atoms with Crippen molar-refractivity contribution in [3.8, 4) is 0 Å². The predicted molar refractivity (Wildman–Crippen MR) is 63.8 cm³/mol. The predicted octanol–water partition coefficient (Wildman–Crippen LogP) is 3.04. The lowest BCUT2D eigenvalue weighted by Gasteiger charge is -2.13. The Balaban J connectivity index is 2.73. The Morgan fingerprint density at radius 3 is 2.81 bits per heavy atom. The summed E-state index contributed by atoms with van der Waals surface area (Å²) in [4.78, 5) is 4.18. The van der Waals surface area contributed by atoms with Crippen LogP contribution >= 0.6 is 0 Å². The molecule has 1 aromatic carbocycles. The maximum atomic E-state index is 13.4. The molecule has 2 rings (SSSR count). The van der Waals surface area contributed by atoms with Gasteiger partial charge in [0.1, 0.15) is 5.82 Å². The fraction of sp³-hybridized carbons (Fsp3) is 0.417. The quantitative estimate of drug-likeness (QED) is 0.847. The van der Waals surface area contributed by atoms with E-state index < -0.39 is 0 Å². The van der Waals surface area contributed by atoms with Gasteiger partial charge in [-0.05, 0) is 31.9 Å². The van der Waals surface area contributed by atoms with Crippen molar-refractivity contribution in [2.24, 2.45) is 0 Å². The third-order valence-electron chi connectivity index (χ3n) is 3.03. The number of nitrogen functional groups attached to an aromatic ring is 1. The van der Waals surface area contributed by atoms with Gasteiger partial charge in [-0.3, -0.25) is 0 Å². The van der Waals surface area contributed by atoms with Crippen molar-refractivity contribution in [1.29, 1.82) is 0 Å². The third kappa shape index (κ3) is 1.54. The van der Waals surface area contributed by atoms with Crippen molar-refractivity contribution in [2.45, 2.75) is 33.2 Å². The van der Waals surface area contributed by atoms with Crippen LogP contribution in [0.25, 0.3) is 11.0 Å². The summed E-state index contributed by atoms with van der Waals surface area (Å²) in [6.45, 7) is 5.92. The first kappa shape index (κ1) is 10.9. The minimum absolute atomic E-state index is 0.235. The molecule has 0 saturated heterocycles. The molecule has 2 aromatic rings. The molecule has 1 atom stereocenters. The Kier molecular flexibility index (Phi) is 2.58. The lowest BCUT2D eigenvalue weighted by atomic mass is 10.2. The van der Waals surface area contributed by atoms with Crippen molar-refractivity contribution in [3.05, 3.63) is 23.5 Å². The van der Waals surface area contributed by atoms with Gasteiger partial charge in [0.05, 0.1) is 11.0 Å². The molecule has 2 N–H and O–H groups in total. The van der Waals surface area contributed by atoms with Crippen LogP contribution in [0.3, 0.4) is 0 Å². The number of hydrogen-bond donors (Lipinski definition) is 1. The van der Waals surface area contributed by atoms with E-state index in [1.807, 2.05) is 4.57 Å². The van der Waals surface area contributed by atoms with Crippen molar-refractivity contribution in [1.82, 2.24) is 9.55 Å². The van der Waals surface area contributed by atoms with Crippen LogP contribution in [0.15, 0.2) is 12.1 Å². The Labute approximate surface area is 94.1 Å². The highest BCUT2D eigenvalue weighted by molar-refractivity contribution is 5.79. The standard InChI is InChI=1S/C12H16FN3/c1-4-8(3)16-11-5-7(2)9(13)6-10(11)15-12(16)14/h5-6,8H,4H2,1-3H3,(H2,14,15). The van der Waals surface area contributed by atoms with E-state index in [-0.39, 0.29) is 11.9 Å². The number of anilines is 1. The summed E-state index contributed by atoms with van der Waals surface area (Å²) in [7, 11) is 0. The zero-order valence-corrected chi connectivity index (χ0v) is 9.79. The molecule has 0 radical (unpaired) electrons. The van der Waals surface area contributed by atoms with E-state index in [1.54, 1.807) is 13.0 Å². The molecule has 0 spiro atoms. The van der Waals surface area contributed by atoms with Crippen molar-refractivity contribution >= 4 is 17.0 Å². The molecular weight excluding hydrogens is 205 g/mol. The van der Waals surface area contributed by atoms with Crippen molar-refractivity contribution < 1.29 is 4.39 Å². The highest BCUT2D eigenvalue weighted by Crippen LogP contribution is 2.26. The van der Waals surface area contributed by atoms with Gasteiger partial charge in [0.2, 0.25) is 5.95 Å². The van der Waals surface area contributed by atoms with Crippen LogP contribution in [0.5, 0.6) is 0 Å². The summed E-state index contributed by atoms with van der Waals surface area (Å²) < 4.78 is 15.3. The number of benzene rings is 1. The van der Waals surface area contributed by atoms with Gasteiger partial charge in [0.15, 0.2) is 0 Å². The van der Waals surface area contributed by atoms with E-state index in [0.29, 0.717) is 17.0 Å². The summed E-state index contributed by atoms with van der Waals surface area (Å²) in [6.07, 6.45) is 0.964. The summed E-state index contributed by atoms with van der Waals surface area (Å²) in [6, 6.07) is 3.52. The number of halogens is 1. The molecule has 0 aliphatic heterocycles. The van der Waals surface area contributed by atoms with E-state index in [4.69, 9.17) is 5.73 Å². The van der Waals surface area contributed by atoms with Gasteiger partial charge in [-0.15, -0.1) is 0 Å². The molecule has 0 amide bonds. The number of hydrogen-bond acceptors (Lipinski definition) is 2. The van der Waals surface area contributed by atoms with Crippen LogP contribution in [0.2, 0.25) is 0 Å². The molecule has 1 heterocycles. The first-order valence-corrected chi connectivity index (χ1v) is 5.48. The van der Waals surface area contributed by atoms with E-state index in [9.17, 15) is 4.39 Å². The lowest BCUT2D eigenvalue weighted by Crippen LogP contribution is -2.07. The average molecular weight is 221 g/mol. The fourth-order valence-electron chi connectivity index (χ4n) is 1.88. The summed E-state index contributed by atoms with van der Waals surface area (Å²) >= 11 is 0. The molecule has 0 fully saturated rings. The zero-order chi connectivity index (χ0) is 11.9. The van der Waals surface area contributed by atoms with Gasteiger partial charge >= 0.3 is 0 Å². The van der Waals surface area contributed by atoms with E-state index in [2.05, 4.69) is 18.8 Å². The van der Waals surface area contributed by atoms with E-state index in [1.165, 1.54) is 6.07 Å². The van der Waals surface area contributed by atoms with Crippen LogP contribution in [0.4, 0.5) is 10.3 Å². The molecule has 4 heteroatoms. The number of fused-ring (bicyclic) bond motifs is 1. The average Bonchev–Trinajstić information content (AvgIpc) is 2.54. The van der Waals surface area contributed by atoms with Gasteiger partial charge in [-0.1, -0.05) is 6.92 Å². The Morgan fingerprint density at radius 2 is 2.19 bits per heavy atom. The molecular formula is C12H16FN3. The minimum Gasteiger partial charge on any atom is -0.369 e. The summed E-state index contributed by atoms with van der Waals surface area (Å²) in [5.74, 6) is 0.218. The number of nitrogens with two attached hydrogens (primary N) is 1. The van der Waals surface area contributed by atoms with E-state index >= 15 is 0 Å². The van der Waals surface area contributed by atoms with Crippen LogP contribution in [-0.4, -0.2) is 9.55 Å². The number of nitrogens with zero attached hydrogens (tertiary/aromatic N) is 2. The Hall–Kier alpha value is -1.58. The molecule has 0 saturated carbocycles. The van der Waals surface area contributed by atoms with Crippen molar-refractivity contribution in [2.75, 3.05) is 5.73 Å². The maximum Gasteiger partial charge on any atom is 0.201 e. The minimum atomic E-state index is -0.235. The smallest absolute Gasteiger partial charge is 0.201 e. The Bertz CT molecular complexity index is 531. The zero-order valence-electron chi connectivity index (χ0n) is 9.79. The monoisotopic (exact) mass is 221 g/mol. The molecule has 0 bridgehead atoms. The van der Waals surface area contributed by atoms with Gasteiger partial charge in [-0.25, -0.2) is 9.37 Å². The normalized spacial score (nSPS) is 13.2. The molecule has 86 valence electrons. The van der Waals surface area contributed by atoms with Gasteiger partial charge < -0.3 is 10.3 Å². The highest BCUT2D eigenvalue weighted by Gasteiger charge is 2.14. The van der Waals surface area contributed by atoms with Crippen LogP contribution < -0.4 is 5.73 Å². The van der Waals surface area contributed by atoms with Crippen LogP contribution in [-0.2, 0) is 0 Å². The van der Waals surface area contributed by atoms with Crippen LogP contribution in [0.1, 0.15) is 31.9 Å². The van der Waals surface area contributed by atoms with Gasteiger partial charge in [0.25, 0.3) is 0 Å². The number of aryl methyl sites for hydroxylation is 1. The SMILES string of the molecule is CCC(C)n1c(N)nc2cc(F)c(C)cc21. The van der Waals surface area contributed by atoms with Crippen LogP contribution in [0, 0.1) is 12.7 Å². The second kappa shape index (κ2) is 3.77. The molecule has 3 nitrogen and oxygen atoms in total. The fourth-order valence-corrected chi connectivity index (χ4v) is 1.88. The maximum absolute atomic E-state index is 13.4. The number of aromatic nitrogens is 2. The highest BCUT2D eigenvalue weighted by atomic mass is 19.1. The largest absolute Gasteiger partial charge is 0.369 e. The summed E-state index contributed by atoms with van der Waals surface area (Å²) in [5.41, 5.74) is 8.02. The Morgan fingerprint density at radius 1 is 1.50 bits per heavy atom. The summed E-state index contributed by atoms with van der Waals surface area (Å²) in [5, 5.41) is 0. The number of imidazole rings is 1. The second-order valence-corrected chi connectivity index (χ2v) is 4.19. The molecule has 1 unspecified atom stereocenters. The molecule has 1 aromatic heterocycles. The second-order valence-electron chi connectivity index (χ2n) is 4.19.